The van der Waals surface area contributed by atoms with Crippen LogP contribution in [-0.4, -0.2) is 68.9 Å². The molecule has 2 aliphatic carbocycles. The smallest absolute Gasteiger partial charge is 0.388 e. The number of nitrogens with zero attached hydrogens (tertiary/aromatic N) is 4. The number of thiazole rings is 1. The number of aliphatic hydroxyl groups is 2. The van der Waals surface area contributed by atoms with Crippen molar-refractivity contribution in [1.82, 2.24) is 19.9 Å². The zero-order chi connectivity index (χ0) is 30.6. The monoisotopic (exact) mass is 634 g/mol. The zero-order valence-corrected chi connectivity index (χ0v) is 24.6. The maximum Gasteiger partial charge on any atom is 0.405 e. The van der Waals surface area contributed by atoms with Gasteiger partial charge in [-0.25, -0.2) is 18.4 Å². The number of sulfone groups is 1. The Morgan fingerprint density at radius 3 is 2.53 bits per heavy atom. The number of hydrogen-bond donors (Lipinski definition) is 4. The quantitative estimate of drug-likeness (QED) is 0.192. The first-order valence-corrected chi connectivity index (χ1v) is 16.2. The van der Waals surface area contributed by atoms with Crippen LogP contribution in [0.1, 0.15) is 43.0 Å². The highest BCUT2D eigenvalue weighted by Gasteiger charge is 2.49. The predicted molar refractivity (Wildman–Crippen MR) is 155 cm³/mol. The van der Waals surface area contributed by atoms with Crippen LogP contribution in [0.15, 0.2) is 47.5 Å². The van der Waals surface area contributed by atoms with Crippen LogP contribution in [0.25, 0.3) is 20.8 Å². The molecule has 0 bridgehead atoms. The van der Waals surface area contributed by atoms with Crippen molar-refractivity contribution in [2.24, 2.45) is 5.92 Å². The van der Waals surface area contributed by atoms with Gasteiger partial charge in [0.25, 0.3) is 0 Å². The van der Waals surface area contributed by atoms with E-state index < -0.39 is 46.1 Å². The van der Waals surface area contributed by atoms with Crippen LogP contribution in [0.2, 0.25) is 0 Å². The van der Waals surface area contributed by atoms with Crippen molar-refractivity contribution in [1.29, 1.82) is 0 Å². The van der Waals surface area contributed by atoms with Gasteiger partial charge in [0.1, 0.15) is 29.0 Å². The minimum Gasteiger partial charge on any atom is -0.388 e. The van der Waals surface area contributed by atoms with Crippen LogP contribution in [0.3, 0.4) is 0 Å². The van der Waals surface area contributed by atoms with Gasteiger partial charge in [0.2, 0.25) is 5.95 Å². The van der Waals surface area contributed by atoms with Gasteiger partial charge in [0, 0.05) is 18.0 Å². The lowest BCUT2D eigenvalue weighted by Crippen LogP contribution is -2.48. The predicted octanol–water partition coefficient (Wildman–Crippen LogP) is 4.65. The summed E-state index contributed by atoms with van der Waals surface area (Å²) < 4.78 is 65.8. The summed E-state index contributed by atoms with van der Waals surface area (Å²) in [6.45, 7) is 0.215. The Labute approximate surface area is 249 Å². The summed E-state index contributed by atoms with van der Waals surface area (Å²) in [5.41, 5.74) is 0.220. The Bertz CT molecular complexity index is 1770. The highest BCUT2D eigenvalue weighted by atomic mass is 32.2. The molecular weight excluding hydrogens is 605 g/mol. The van der Waals surface area contributed by atoms with Gasteiger partial charge in [-0.1, -0.05) is 18.2 Å². The number of aryl methyl sites for hydroxylation is 1. The molecular formula is C28H29F3N6O4S2. The Morgan fingerprint density at radius 2 is 1.84 bits per heavy atom. The lowest BCUT2D eigenvalue weighted by Gasteiger charge is -2.31. The molecule has 43 heavy (non-hydrogen) atoms. The second-order valence-corrected chi connectivity index (χ2v) is 14.1. The molecule has 0 unspecified atom stereocenters. The topological polar surface area (TPSA) is 150 Å². The van der Waals surface area contributed by atoms with Crippen molar-refractivity contribution in [2.75, 3.05) is 22.9 Å². The molecule has 2 fully saturated rings. The van der Waals surface area contributed by atoms with Crippen molar-refractivity contribution in [2.45, 2.75) is 61.4 Å². The number of benzene rings is 1. The van der Waals surface area contributed by atoms with Gasteiger partial charge in [-0.05, 0) is 50.8 Å². The molecule has 0 amide bonds. The van der Waals surface area contributed by atoms with E-state index in [2.05, 4.69) is 25.6 Å². The summed E-state index contributed by atoms with van der Waals surface area (Å²) in [6, 6.07) is 9.66. The number of rotatable bonds is 9. The maximum absolute atomic E-state index is 13.0. The average molecular weight is 635 g/mol. The highest BCUT2D eigenvalue weighted by molar-refractivity contribution is 7.91. The van der Waals surface area contributed by atoms with Crippen molar-refractivity contribution in [3.63, 3.8) is 0 Å². The van der Waals surface area contributed by atoms with E-state index in [1.54, 1.807) is 31.3 Å². The second-order valence-electron chi connectivity index (χ2n) is 11.0. The third-order valence-electron chi connectivity index (χ3n) is 7.75. The maximum atomic E-state index is 13.0. The van der Waals surface area contributed by atoms with Crippen molar-refractivity contribution in [3.05, 3.63) is 54.0 Å². The molecule has 0 spiro atoms. The molecule has 0 saturated heterocycles. The Balaban J connectivity index is 1.35. The number of anilines is 2. The van der Waals surface area contributed by atoms with Crippen molar-refractivity contribution in [3.8, 4) is 10.6 Å². The summed E-state index contributed by atoms with van der Waals surface area (Å²) in [7, 11) is -3.76. The van der Waals surface area contributed by atoms with Gasteiger partial charge in [0.05, 0.1) is 32.3 Å². The summed E-state index contributed by atoms with van der Waals surface area (Å²) in [4.78, 5) is 17.9. The number of hydrogen-bond acceptors (Lipinski definition) is 11. The van der Waals surface area contributed by atoms with E-state index in [9.17, 15) is 31.8 Å². The molecule has 0 radical (unpaired) electrons. The van der Waals surface area contributed by atoms with Crippen molar-refractivity contribution >= 4 is 43.2 Å². The standard InChI is InChI=1S/C28H29F3N6O4S2/c1-15-20(25-35-22-19(42-25)10-12-32-21(22)16-7-8-16)24(36-26(34-15)33-14-28(29,30)31)37-27(39)11-9-17(23(27)38)13-43(40,41)18-5-3-2-4-6-18/h2-6,10,12,16-17,23,38-39H,7-9,11,13-14H2,1H3,(H2,33,34,36,37)/t17-,23-,27-/m1/s1. The van der Waals surface area contributed by atoms with E-state index in [-0.39, 0.29) is 29.5 Å². The summed E-state index contributed by atoms with van der Waals surface area (Å²) >= 11 is 1.33. The number of aliphatic hydroxyl groups excluding tert-OH is 1. The first-order chi connectivity index (χ1) is 20.3. The third-order valence-corrected chi connectivity index (χ3v) is 10.6. The van der Waals surface area contributed by atoms with E-state index in [4.69, 9.17) is 4.98 Å². The van der Waals surface area contributed by atoms with Crippen molar-refractivity contribution < 1.29 is 31.8 Å². The molecule has 15 heteroatoms. The minimum absolute atomic E-state index is 0.0352. The zero-order valence-electron chi connectivity index (χ0n) is 23.0. The molecule has 4 N–H and O–H groups in total. The first-order valence-electron chi connectivity index (χ1n) is 13.7. The fraction of sp³-hybridized carbons (Fsp3) is 0.429. The SMILES string of the molecule is Cc1nc(NCC(F)(F)F)nc(N[C@@]2(O)CC[C@H](CS(=O)(=O)c3ccccc3)[C@H]2O)c1-c1nc2c(C3CC3)nccc2s1. The van der Waals surface area contributed by atoms with Crippen LogP contribution in [0, 0.1) is 12.8 Å². The number of halogens is 3. The molecule has 3 atom stereocenters. The molecule has 4 aromatic rings. The fourth-order valence-electron chi connectivity index (χ4n) is 5.44. The third kappa shape index (κ3) is 6.16. The van der Waals surface area contributed by atoms with Crippen LogP contribution >= 0.6 is 11.3 Å². The van der Waals surface area contributed by atoms with Crippen LogP contribution < -0.4 is 10.6 Å². The second kappa shape index (κ2) is 10.9. The highest BCUT2D eigenvalue weighted by Crippen LogP contribution is 2.45. The van der Waals surface area contributed by atoms with Gasteiger partial charge in [-0.15, -0.1) is 11.3 Å². The summed E-state index contributed by atoms with van der Waals surface area (Å²) in [5.74, 6) is -1.26. The molecule has 1 aromatic carbocycles. The number of alkyl halides is 3. The van der Waals surface area contributed by atoms with E-state index in [0.717, 1.165) is 28.8 Å². The number of aromatic nitrogens is 4. The summed E-state index contributed by atoms with van der Waals surface area (Å²) in [6.07, 6.45) is -2.17. The van der Waals surface area contributed by atoms with E-state index in [0.29, 0.717) is 22.2 Å². The average Bonchev–Trinajstić information content (AvgIpc) is 3.65. The molecule has 2 aliphatic rings. The van der Waals surface area contributed by atoms with Gasteiger partial charge in [-0.2, -0.15) is 18.2 Å². The molecule has 3 heterocycles. The minimum atomic E-state index is -4.53. The molecule has 10 nitrogen and oxygen atoms in total. The van der Waals surface area contributed by atoms with E-state index >= 15 is 0 Å². The number of fused-ring (bicyclic) bond motifs is 1. The lowest BCUT2D eigenvalue weighted by atomic mass is 10.0. The normalized spacial score (nSPS) is 22.7. The van der Waals surface area contributed by atoms with E-state index in [1.165, 1.54) is 23.5 Å². The number of nitrogens with one attached hydrogen (secondary N) is 2. The van der Waals surface area contributed by atoms with Gasteiger partial charge < -0.3 is 20.8 Å². The Kier molecular flexibility index (Phi) is 7.55. The van der Waals surface area contributed by atoms with Crippen LogP contribution in [0.4, 0.5) is 24.9 Å². The molecule has 3 aromatic heterocycles. The Hall–Kier alpha value is -3.40. The van der Waals surface area contributed by atoms with Gasteiger partial charge in [-0.3, -0.25) is 4.98 Å². The molecule has 228 valence electrons. The summed E-state index contributed by atoms with van der Waals surface area (Å²) in [5, 5.41) is 28.3. The molecule has 2 saturated carbocycles. The largest absolute Gasteiger partial charge is 0.405 e. The lowest BCUT2D eigenvalue weighted by molar-refractivity contribution is -0.115. The van der Waals surface area contributed by atoms with Gasteiger partial charge >= 0.3 is 6.18 Å². The molecule has 6 rings (SSSR count). The molecule has 0 aliphatic heterocycles. The van der Waals surface area contributed by atoms with Crippen LogP contribution in [0.5, 0.6) is 0 Å². The van der Waals surface area contributed by atoms with E-state index in [1.807, 2.05) is 6.07 Å². The first kappa shape index (κ1) is 29.7. The van der Waals surface area contributed by atoms with Gasteiger partial charge in [0.15, 0.2) is 15.6 Å². The Morgan fingerprint density at radius 1 is 1.09 bits per heavy atom. The van der Waals surface area contributed by atoms with Crippen LogP contribution in [-0.2, 0) is 9.84 Å². The fourth-order valence-corrected chi connectivity index (χ4v) is 8.18. The number of pyridine rings is 1.